The number of aliphatic hydroxyl groups excluding tert-OH is 4. The highest BCUT2D eigenvalue weighted by molar-refractivity contribution is 6.39. The Morgan fingerprint density at radius 3 is 2.15 bits per heavy atom. The first-order chi connectivity index (χ1) is 33.2. The molecule has 4 rings (SSSR count). The quantitative estimate of drug-likeness (QED) is 0.0751. The molecule has 6 N–H and O–H groups in total. The van der Waals surface area contributed by atoms with Crippen molar-refractivity contribution in [2.45, 2.75) is 181 Å². The number of carbonyl (C=O) groups excluding carboxylic acids is 4. The molecule has 0 radical (unpaired) electrons. The van der Waals surface area contributed by atoms with E-state index in [2.05, 4.69) is 0 Å². The van der Waals surface area contributed by atoms with E-state index in [1.807, 2.05) is 13.0 Å². The number of halogens is 2. The number of aromatic hydroxyl groups is 2. The average Bonchev–Trinajstić information content (AvgIpc) is 3.30. The summed E-state index contributed by atoms with van der Waals surface area (Å²) in [5, 5.41) is 65.6. The van der Waals surface area contributed by atoms with Crippen LogP contribution in [0.2, 0.25) is 10.0 Å². The van der Waals surface area contributed by atoms with Crippen LogP contribution in [0.3, 0.4) is 0 Å². The van der Waals surface area contributed by atoms with Crippen LogP contribution in [-0.2, 0) is 58.7 Å². The standard InChI is InChI=1S/C51H70Cl2O18/c1-13-29-22-25(6)31(55)17-15-16-18-33(67-50-44(64-12)41(60)43(28(9)65-50)68-48(63)34-30(14-2)35(52)38(57)36(53)37(34)56)47(62)66-32(27(8)54)20-19-24(5)21-26(7)42(29)69-49-40(59)39(58)45(51(10,11)71-49)70-46(61)23(3)4/h15-16,18-19,21-23,28-29,31-32,39-45,49-50,55-60H,13-14,17,20H2,1-12H3/b16-15+,24-19+,25-22+,26-21+,33-18-/t28-,29+,31+,32+,39-,40+,41+,42+,43-,44+,45+,49-,50+/m1/s1. The van der Waals surface area contributed by atoms with Crippen LogP contribution < -0.4 is 0 Å². The van der Waals surface area contributed by atoms with E-state index in [1.165, 1.54) is 33.1 Å². The Hall–Kier alpha value is -4.34. The number of aliphatic hydroxyl groups is 4. The number of allylic oxidation sites excluding steroid dienone is 4. The number of ketones is 1. The number of hydrogen-bond acceptors (Lipinski definition) is 18. The van der Waals surface area contributed by atoms with Gasteiger partial charge >= 0.3 is 17.9 Å². The van der Waals surface area contributed by atoms with Crippen LogP contribution in [0.1, 0.15) is 111 Å². The first-order valence-corrected chi connectivity index (χ1v) is 24.3. The molecule has 396 valence electrons. The molecule has 0 unspecified atom stereocenters. The summed E-state index contributed by atoms with van der Waals surface area (Å²) >= 11 is 12.3. The van der Waals surface area contributed by atoms with Crippen molar-refractivity contribution in [1.29, 1.82) is 0 Å². The average molecular weight is 1040 g/mol. The lowest BCUT2D eigenvalue weighted by Crippen LogP contribution is -2.64. The van der Waals surface area contributed by atoms with E-state index in [-0.39, 0.29) is 29.8 Å². The second-order valence-corrected chi connectivity index (χ2v) is 19.6. The van der Waals surface area contributed by atoms with Gasteiger partial charge in [0.25, 0.3) is 0 Å². The number of esters is 3. The summed E-state index contributed by atoms with van der Waals surface area (Å²) in [6.45, 7) is 18.1. The highest BCUT2D eigenvalue weighted by Crippen LogP contribution is 2.45. The molecule has 20 heteroatoms. The van der Waals surface area contributed by atoms with Crippen LogP contribution in [0.25, 0.3) is 0 Å². The summed E-state index contributed by atoms with van der Waals surface area (Å²) < 4.78 is 47.3. The molecule has 1 aromatic carbocycles. The molecule has 0 saturated carbocycles. The van der Waals surface area contributed by atoms with Gasteiger partial charge in [0.2, 0.25) is 12.0 Å². The number of ether oxygens (including phenoxy) is 8. The number of rotatable bonds is 12. The van der Waals surface area contributed by atoms with Gasteiger partial charge in [-0.1, -0.05) is 86.9 Å². The van der Waals surface area contributed by atoms with Gasteiger partial charge in [-0.3, -0.25) is 9.59 Å². The molecule has 0 bridgehead atoms. The number of benzene rings is 1. The minimum absolute atomic E-state index is 0.0351. The maximum Gasteiger partial charge on any atom is 0.374 e. The first-order valence-electron chi connectivity index (χ1n) is 23.6. The smallest absolute Gasteiger partial charge is 0.374 e. The van der Waals surface area contributed by atoms with Crippen molar-refractivity contribution >= 4 is 46.9 Å². The molecule has 13 atom stereocenters. The summed E-state index contributed by atoms with van der Waals surface area (Å²) in [7, 11) is 1.21. The maximum atomic E-state index is 14.0. The zero-order valence-corrected chi connectivity index (χ0v) is 43.7. The van der Waals surface area contributed by atoms with Crippen molar-refractivity contribution in [3.63, 3.8) is 0 Å². The predicted molar refractivity (Wildman–Crippen MR) is 259 cm³/mol. The van der Waals surface area contributed by atoms with Gasteiger partial charge < -0.3 is 68.5 Å². The van der Waals surface area contributed by atoms with Gasteiger partial charge in [-0.05, 0) is 90.5 Å². The lowest BCUT2D eigenvalue weighted by Gasteiger charge is -2.47. The largest absolute Gasteiger partial charge is 0.505 e. The van der Waals surface area contributed by atoms with E-state index in [1.54, 1.807) is 73.6 Å². The minimum Gasteiger partial charge on any atom is -0.505 e. The molecule has 0 spiro atoms. The van der Waals surface area contributed by atoms with Gasteiger partial charge in [0, 0.05) is 19.4 Å². The number of hydrogen-bond donors (Lipinski definition) is 6. The van der Waals surface area contributed by atoms with Crippen LogP contribution in [0.5, 0.6) is 11.5 Å². The van der Waals surface area contributed by atoms with E-state index in [4.69, 9.17) is 61.1 Å². The Kier molecular flexibility index (Phi) is 21.3. The van der Waals surface area contributed by atoms with E-state index >= 15 is 0 Å². The summed E-state index contributed by atoms with van der Waals surface area (Å²) in [5.41, 5.74) is 0.148. The highest BCUT2D eigenvalue weighted by atomic mass is 35.5. The minimum atomic E-state index is -1.66. The van der Waals surface area contributed by atoms with Crippen LogP contribution in [0.15, 0.2) is 58.9 Å². The van der Waals surface area contributed by atoms with Crippen molar-refractivity contribution < 1.29 is 87.7 Å². The molecule has 0 aliphatic carbocycles. The van der Waals surface area contributed by atoms with Crippen LogP contribution in [0, 0.1) is 11.8 Å². The molecular weight excluding hydrogens is 971 g/mol. The van der Waals surface area contributed by atoms with E-state index in [9.17, 15) is 49.8 Å². The SMILES string of the molecule is CCc1c(Cl)c(O)c(Cl)c(O)c1C(=O)O[C@H]1[C@H](O)[C@H](OC)[C@H](O/C2=C\C=C\C[C@H](O)/C(C)=C/[C@H](CC)[C@@H](O[C@@H]3OC(C)(C)[C@@H](OC(=O)C(C)C)[C@H](O)[C@@H]3O)/C(C)=C/C(C)=C/C[C@@H](C(C)=O)OC2=O)O[C@@H]1C. The lowest BCUT2D eigenvalue weighted by atomic mass is 9.88. The fourth-order valence-electron chi connectivity index (χ4n) is 8.39. The van der Waals surface area contributed by atoms with Crippen LogP contribution in [0.4, 0.5) is 0 Å². The molecular formula is C51H70Cl2O18. The fourth-order valence-corrected chi connectivity index (χ4v) is 8.95. The Bertz CT molecular complexity index is 2250. The molecule has 3 aliphatic heterocycles. The monoisotopic (exact) mass is 1040 g/mol. The summed E-state index contributed by atoms with van der Waals surface area (Å²) in [6.07, 6.45) is -6.11. The Labute approximate surface area is 424 Å². The van der Waals surface area contributed by atoms with Gasteiger partial charge in [0.15, 0.2) is 41.9 Å². The molecule has 0 aromatic heterocycles. The number of Topliss-reactive ketones (excluding diaryl/α,β-unsaturated/α-hetero) is 1. The molecule has 3 heterocycles. The normalized spacial score (nSPS) is 34.6. The van der Waals surface area contributed by atoms with Crippen molar-refractivity contribution in [3.05, 3.63) is 80.1 Å². The van der Waals surface area contributed by atoms with Crippen molar-refractivity contribution in [3.8, 4) is 11.5 Å². The van der Waals surface area contributed by atoms with E-state index in [0.717, 1.165) is 0 Å². The molecule has 1 aromatic rings. The molecule has 2 fully saturated rings. The molecule has 3 aliphatic rings. The zero-order chi connectivity index (χ0) is 53.4. The Morgan fingerprint density at radius 2 is 1.56 bits per heavy atom. The lowest BCUT2D eigenvalue weighted by molar-refractivity contribution is -0.333. The topological polar surface area (TPSA) is 263 Å². The summed E-state index contributed by atoms with van der Waals surface area (Å²) in [5.74, 6) is -6.12. The van der Waals surface area contributed by atoms with E-state index < -0.39 is 143 Å². The van der Waals surface area contributed by atoms with Gasteiger partial charge in [-0.25, -0.2) is 9.59 Å². The number of methoxy groups -OCH3 is 1. The van der Waals surface area contributed by atoms with Gasteiger partial charge in [0.1, 0.15) is 40.6 Å². The van der Waals surface area contributed by atoms with Crippen molar-refractivity contribution in [2.24, 2.45) is 11.8 Å². The Balaban J connectivity index is 1.65. The van der Waals surface area contributed by atoms with Crippen molar-refractivity contribution in [2.75, 3.05) is 7.11 Å². The zero-order valence-electron chi connectivity index (χ0n) is 42.2. The Morgan fingerprint density at radius 1 is 0.901 bits per heavy atom. The number of phenolic OH excluding ortho intramolecular Hbond substituents is 2. The third-order valence-corrected chi connectivity index (χ3v) is 13.4. The van der Waals surface area contributed by atoms with Crippen molar-refractivity contribution in [1.82, 2.24) is 0 Å². The number of carbonyl (C=O) groups is 4. The summed E-state index contributed by atoms with van der Waals surface area (Å²) in [4.78, 5) is 53.1. The third-order valence-electron chi connectivity index (χ3n) is 12.6. The summed E-state index contributed by atoms with van der Waals surface area (Å²) in [6, 6.07) is 0. The molecule has 0 amide bonds. The van der Waals surface area contributed by atoms with Gasteiger partial charge in [0.05, 0.1) is 29.3 Å². The molecule has 18 nitrogen and oxygen atoms in total. The van der Waals surface area contributed by atoms with E-state index in [0.29, 0.717) is 23.1 Å². The number of cyclic esters (lactones) is 1. The van der Waals surface area contributed by atoms with Gasteiger partial charge in [-0.15, -0.1) is 0 Å². The molecule has 71 heavy (non-hydrogen) atoms. The third kappa shape index (κ3) is 14.2. The van der Waals surface area contributed by atoms with Gasteiger partial charge in [-0.2, -0.15) is 0 Å². The fraction of sp³-hybridized carbons (Fsp3) is 0.608. The molecule has 2 saturated heterocycles. The highest BCUT2D eigenvalue weighted by Gasteiger charge is 2.53. The second kappa shape index (κ2) is 25.5. The first kappa shape index (κ1) is 59.2. The van der Waals surface area contributed by atoms with Crippen LogP contribution in [-0.4, -0.2) is 141 Å². The second-order valence-electron chi connectivity index (χ2n) is 18.8. The number of phenols is 2. The maximum absolute atomic E-state index is 14.0. The van der Waals surface area contributed by atoms with Crippen LogP contribution >= 0.6 is 23.2 Å². The predicted octanol–water partition coefficient (Wildman–Crippen LogP) is 6.40.